The van der Waals surface area contributed by atoms with E-state index in [4.69, 9.17) is 4.74 Å². The van der Waals surface area contributed by atoms with Crippen molar-refractivity contribution < 1.29 is 22.6 Å². The van der Waals surface area contributed by atoms with E-state index >= 15 is 0 Å². The summed E-state index contributed by atoms with van der Waals surface area (Å²) in [4.78, 5) is 0. The highest BCUT2D eigenvalue weighted by molar-refractivity contribution is 5.47. The summed E-state index contributed by atoms with van der Waals surface area (Å²) in [7, 11) is 0. The minimum Gasteiger partial charge on any atom is -0.488 e. The second kappa shape index (κ2) is 4.35. The molecule has 2 aliphatic rings. The number of alkyl halides is 2. The zero-order chi connectivity index (χ0) is 12.7. The van der Waals surface area contributed by atoms with Crippen molar-refractivity contribution in [3.63, 3.8) is 0 Å². The van der Waals surface area contributed by atoms with Gasteiger partial charge in [-0.15, -0.1) is 0 Å². The predicted octanol–water partition coefficient (Wildman–Crippen LogP) is 2.61. The normalized spacial score (nSPS) is 25.6. The molecule has 0 saturated carbocycles. The molecule has 3 nitrogen and oxygen atoms in total. The van der Waals surface area contributed by atoms with Crippen LogP contribution in [0.1, 0.15) is 24.4 Å². The van der Waals surface area contributed by atoms with E-state index in [1.807, 2.05) is 0 Å². The summed E-state index contributed by atoms with van der Waals surface area (Å²) in [5.74, 6) is -0.829. The first-order valence-corrected chi connectivity index (χ1v) is 5.83. The molecule has 0 spiro atoms. The van der Waals surface area contributed by atoms with Crippen LogP contribution in [0.15, 0.2) is 12.1 Å². The van der Waals surface area contributed by atoms with Gasteiger partial charge in [0.2, 0.25) is 0 Å². The third-order valence-corrected chi connectivity index (χ3v) is 3.30. The van der Waals surface area contributed by atoms with Crippen molar-refractivity contribution in [3.8, 4) is 11.5 Å². The van der Waals surface area contributed by atoms with Crippen LogP contribution in [-0.4, -0.2) is 19.3 Å². The van der Waals surface area contributed by atoms with E-state index in [1.165, 1.54) is 12.1 Å². The first-order chi connectivity index (χ1) is 8.65. The van der Waals surface area contributed by atoms with E-state index in [0.29, 0.717) is 11.3 Å². The van der Waals surface area contributed by atoms with E-state index in [0.717, 1.165) is 19.4 Å². The lowest BCUT2D eigenvalue weighted by Gasteiger charge is -2.25. The summed E-state index contributed by atoms with van der Waals surface area (Å²) >= 11 is 0. The average Bonchev–Trinajstić information content (AvgIpc) is 2.67. The first kappa shape index (κ1) is 11.6. The highest BCUT2D eigenvalue weighted by Crippen LogP contribution is 2.43. The molecule has 2 heterocycles. The SMILES string of the molecule is Fc1cc2c(cc1OC(F)F)O[C@H]1CCCN[C@@H]21. The Morgan fingerprint density at radius 3 is 3.00 bits per heavy atom. The number of piperidine rings is 1. The third kappa shape index (κ3) is 1.90. The molecule has 1 aromatic carbocycles. The number of benzene rings is 1. The molecular weight excluding hydrogens is 247 g/mol. The van der Waals surface area contributed by atoms with Crippen molar-refractivity contribution in [1.82, 2.24) is 5.32 Å². The minimum atomic E-state index is -3.04. The Kier molecular flexibility index (Phi) is 2.81. The number of ether oxygens (including phenoxy) is 2. The Balaban J connectivity index is 1.93. The van der Waals surface area contributed by atoms with Gasteiger partial charge in [-0.2, -0.15) is 8.78 Å². The van der Waals surface area contributed by atoms with Gasteiger partial charge in [0.25, 0.3) is 0 Å². The van der Waals surface area contributed by atoms with Crippen molar-refractivity contribution in [2.45, 2.75) is 31.6 Å². The topological polar surface area (TPSA) is 30.5 Å². The van der Waals surface area contributed by atoms with E-state index in [2.05, 4.69) is 10.1 Å². The van der Waals surface area contributed by atoms with Gasteiger partial charge in [0.15, 0.2) is 11.6 Å². The number of fused-ring (bicyclic) bond motifs is 3. The molecule has 0 aliphatic carbocycles. The molecule has 98 valence electrons. The van der Waals surface area contributed by atoms with E-state index in [1.54, 1.807) is 0 Å². The second-order valence-electron chi connectivity index (χ2n) is 4.43. The Morgan fingerprint density at radius 1 is 1.39 bits per heavy atom. The molecule has 1 saturated heterocycles. The summed E-state index contributed by atoms with van der Waals surface area (Å²) in [6.45, 7) is -2.19. The van der Waals surface area contributed by atoms with E-state index < -0.39 is 18.2 Å². The van der Waals surface area contributed by atoms with Gasteiger partial charge in [-0.05, 0) is 25.5 Å². The van der Waals surface area contributed by atoms with Crippen LogP contribution in [-0.2, 0) is 0 Å². The first-order valence-electron chi connectivity index (χ1n) is 5.83. The molecule has 0 radical (unpaired) electrons. The Bertz CT molecular complexity index is 467. The minimum absolute atomic E-state index is 0.0463. The Labute approximate surface area is 102 Å². The zero-order valence-electron chi connectivity index (χ0n) is 9.46. The monoisotopic (exact) mass is 259 g/mol. The fraction of sp³-hybridized carbons (Fsp3) is 0.500. The Hall–Kier alpha value is -1.43. The summed E-state index contributed by atoms with van der Waals surface area (Å²) in [6.07, 6.45) is 1.81. The fourth-order valence-corrected chi connectivity index (χ4v) is 2.54. The van der Waals surface area contributed by atoms with Gasteiger partial charge >= 0.3 is 6.61 Å². The maximum atomic E-state index is 13.6. The van der Waals surface area contributed by atoms with Gasteiger partial charge < -0.3 is 14.8 Å². The molecule has 1 aromatic rings. The van der Waals surface area contributed by atoms with Crippen molar-refractivity contribution in [2.24, 2.45) is 0 Å². The van der Waals surface area contributed by atoms with Gasteiger partial charge in [0.1, 0.15) is 11.9 Å². The van der Waals surface area contributed by atoms with Crippen molar-refractivity contribution in [2.75, 3.05) is 6.54 Å². The lowest BCUT2D eigenvalue weighted by molar-refractivity contribution is -0.0522. The smallest absolute Gasteiger partial charge is 0.387 e. The number of nitrogens with one attached hydrogen (secondary N) is 1. The molecule has 6 heteroatoms. The summed E-state index contributed by atoms with van der Waals surface area (Å²) < 4.78 is 47.6. The summed E-state index contributed by atoms with van der Waals surface area (Å²) in [5.41, 5.74) is 0.679. The number of hydrogen-bond acceptors (Lipinski definition) is 3. The molecule has 1 fully saturated rings. The van der Waals surface area contributed by atoms with Crippen LogP contribution in [0.5, 0.6) is 11.5 Å². The highest BCUT2D eigenvalue weighted by atomic mass is 19.3. The number of halogens is 3. The molecule has 18 heavy (non-hydrogen) atoms. The maximum absolute atomic E-state index is 13.6. The molecule has 2 atom stereocenters. The third-order valence-electron chi connectivity index (χ3n) is 3.30. The van der Waals surface area contributed by atoms with Crippen LogP contribution in [0.3, 0.4) is 0 Å². The van der Waals surface area contributed by atoms with Crippen LogP contribution >= 0.6 is 0 Å². The van der Waals surface area contributed by atoms with Gasteiger partial charge in [-0.3, -0.25) is 0 Å². The molecular formula is C12H12F3NO2. The van der Waals surface area contributed by atoms with Crippen molar-refractivity contribution in [3.05, 3.63) is 23.5 Å². The van der Waals surface area contributed by atoms with Gasteiger partial charge in [0.05, 0.1) is 6.04 Å². The van der Waals surface area contributed by atoms with Crippen molar-refractivity contribution in [1.29, 1.82) is 0 Å². The Morgan fingerprint density at radius 2 is 2.22 bits per heavy atom. The summed E-state index contributed by atoms with van der Waals surface area (Å²) in [5, 5.41) is 3.24. The fourth-order valence-electron chi connectivity index (χ4n) is 2.54. The van der Waals surface area contributed by atoms with Crippen LogP contribution in [0.4, 0.5) is 13.2 Å². The molecule has 2 aliphatic heterocycles. The summed E-state index contributed by atoms with van der Waals surface area (Å²) in [6, 6.07) is 2.37. The van der Waals surface area contributed by atoms with Gasteiger partial charge in [-0.1, -0.05) is 0 Å². The highest BCUT2D eigenvalue weighted by Gasteiger charge is 2.37. The maximum Gasteiger partial charge on any atom is 0.387 e. The lowest BCUT2D eigenvalue weighted by Crippen LogP contribution is -2.36. The lowest BCUT2D eigenvalue weighted by atomic mass is 9.97. The second-order valence-corrected chi connectivity index (χ2v) is 4.43. The van der Waals surface area contributed by atoms with Gasteiger partial charge in [-0.25, -0.2) is 4.39 Å². The van der Waals surface area contributed by atoms with Crippen molar-refractivity contribution >= 4 is 0 Å². The molecule has 0 bridgehead atoms. The van der Waals surface area contributed by atoms with Crippen LogP contribution in [0, 0.1) is 5.82 Å². The van der Waals surface area contributed by atoms with E-state index in [-0.39, 0.29) is 12.1 Å². The standard InChI is InChI=1S/C12H12F3NO2/c13-7-4-6-9(5-10(7)18-12(14)15)17-8-2-1-3-16-11(6)8/h4-5,8,11-12,16H,1-3H2/t8-,11-/m0/s1. The molecule has 1 N–H and O–H groups in total. The number of hydrogen-bond donors (Lipinski definition) is 1. The molecule has 0 unspecified atom stereocenters. The van der Waals surface area contributed by atoms with E-state index in [9.17, 15) is 13.2 Å². The largest absolute Gasteiger partial charge is 0.488 e. The molecule has 0 amide bonds. The quantitative estimate of drug-likeness (QED) is 0.885. The number of rotatable bonds is 2. The van der Waals surface area contributed by atoms with Crippen LogP contribution < -0.4 is 14.8 Å². The molecule has 3 rings (SSSR count). The van der Waals surface area contributed by atoms with Crippen LogP contribution in [0.2, 0.25) is 0 Å². The molecule has 0 aromatic heterocycles. The average molecular weight is 259 g/mol. The predicted molar refractivity (Wildman–Crippen MR) is 57.4 cm³/mol. The zero-order valence-corrected chi connectivity index (χ0v) is 9.46. The van der Waals surface area contributed by atoms with Gasteiger partial charge in [0, 0.05) is 11.6 Å². The van der Waals surface area contributed by atoms with Crippen LogP contribution in [0.25, 0.3) is 0 Å².